The maximum Gasteiger partial charge on any atom is 0.304 e. The molecule has 0 aliphatic heterocycles. The molecular weight excluding hydrogens is 276 g/mol. The van der Waals surface area contributed by atoms with Crippen LogP contribution in [0.5, 0.6) is 5.75 Å². The summed E-state index contributed by atoms with van der Waals surface area (Å²) in [4.78, 5) is 10.9. The molecule has 1 unspecified atom stereocenters. The fraction of sp³-hybridized carbons (Fsp3) is 0.211. The summed E-state index contributed by atoms with van der Waals surface area (Å²) < 4.78 is 5.15. The molecule has 112 valence electrons. The molecule has 0 aliphatic rings. The third kappa shape index (κ3) is 3.89. The highest BCUT2D eigenvalue weighted by Gasteiger charge is 2.13. The summed E-state index contributed by atoms with van der Waals surface area (Å²) in [5.41, 5.74) is 3.09. The van der Waals surface area contributed by atoms with Gasteiger partial charge in [0.25, 0.3) is 0 Å². The van der Waals surface area contributed by atoms with Crippen molar-refractivity contribution < 1.29 is 14.6 Å². The molecule has 2 aromatic rings. The van der Waals surface area contributed by atoms with Crippen LogP contribution < -0.4 is 4.74 Å². The Morgan fingerprint density at radius 2 is 1.64 bits per heavy atom. The topological polar surface area (TPSA) is 46.5 Å². The number of aliphatic carboxylic acids is 1. The van der Waals surface area contributed by atoms with Gasteiger partial charge in [0.2, 0.25) is 0 Å². The van der Waals surface area contributed by atoms with Crippen LogP contribution in [-0.4, -0.2) is 18.2 Å². The second kappa shape index (κ2) is 7.33. The number of carboxylic acid groups (broad SMARTS) is 1. The number of ether oxygens (including phenoxy) is 1. The second-order valence-corrected chi connectivity index (χ2v) is 4.90. The lowest BCUT2D eigenvalue weighted by Crippen LogP contribution is -2.04. The maximum atomic E-state index is 10.9. The number of benzene rings is 2. The third-order valence-corrected chi connectivity index (χ3v) is 3.43. The Bertz CT molecular complexity index is 688. The molecule has 0 bridgehead atoms. The van der Waals surface area contributed by atoms with Gasteiger partial charge in [-0.3, -0.25) is 4.79 Å². The maximum absolute atomic E-state index is 10.9. The van der Waals surface area contributed by atoms with Gasteiger partial charge in [-0.15, -0.1) is 5.92 Å². The monoisotopic (exact) mass is 294 g/mol. The highest BCUT2D eigenvalue weighted by atomic mass is 16.5. The molecule has 3 nitrogen and oxygen atoms in total. The first-order chi connectivity index (χ1) is 10.6. The van der Waals surface area contributed by atoms with Crippen molar-refractivity contribution in [3.8, 4) is 28.7 Å². The summed E-state index contributed by atoms with van der Waals surface area (Å²) in [5, 5.41) is 8.97. The minimum absolute atomic E-state index is 0.0166. The summed E-state index contributed by atoms with van der Waals surface area (Å²) in [6.07, 6.45) is 0.0166. The first-order valence-corrected chi connectivity index (χ1v) is 7.02. The van der Waals surface area contributed by atoms with Gasteiger partial charge in [-0.1, -0.05) is 42.3 Å². The van der Waals surface area contributed by atoms with Crippen LogP contribution >= 0.6 is 0 Å². The van der Waals surface area contributed by atoms with E-state index in [-0.39, 0.29) is 12.3 Å². The van der Waals surface area contributed by atoms with E-state index in [1.165, 1.54) is 0 Å². The predicted octanol–water partition coefficient (Wildman–Crippen LogP) is 3.94. The smallest absolute Gasteiger partial charge is 0.304 e. The van der Waals surface area contributed by atoms with Crippen molar-refractivity contribution in [3.63, 3.8) is 0 Å². The van der Waals surface area contributed by atoms with Gasteiger partial charge in [0.15, 0.2) is 0 Å². The molecular formula is C19H18O3. The molecule has 22 heavy (non-hydrogen) atoms. The van der Waals surface area contributed by atoms with E-state index >= 15 is 0 Å². The van der Waals surface area contributed by atoms with Gasteiger partial charge in [0.05, 0.1) is 19.4 Å². The Labute approximate surface area is 130 Å². The van der Waals surface area contributed by atoms with Crippen LogP contribution in [0, 0.1) is 11.8 Å². The van der Waals surface area contributed by atoms with E-state index in [1.807, 2.05) is 48.5 Å². The molecule has 0 saturated carbocycles. The largest absolute Gasteiger partial charge is 0.497 e. The normalized spacial score (nSPS) is 11.2. The van der Waals surface area contributed by atoms with Gasteiger partial charge in [-0.05, 0) is 35.7 Å². The van der Waals surface area contributed by atoms with Crippen LogP contribution in [0.4, 0.5) is 0 Å². The van der Waals surface area contributed by atoms with Crippen LogP contribution in [0.3, 0.4) is 0 Å². The molecule has 0 aromatic heterocycles. The SMILES string of the molecule is CC#CC(CC(=O)O)c1ccc(-c2ccc(OC)cc2)cc1. The number of carbonyl (C=O) groups is 1. The molecule has 2 aromatic carbocycles. The summed E-state index contributed by atoms with van der Waals surface area (Å²) in [6, 6.07) is 15.7. The summed E-state index contributed by atoms with van der Waals surface area (Å²) in [6.45, 7) is 1.72. The van der Waals surface area contributed by atoms with E-state index < -0.39 is 5.97 Å². The molecule has 0 spiro atoms. The van der Waals surface area contributed by atoms with Crippen LogP contribution in [0.2, 0.25) is 0 Å². The first-order valence-electron chi connectivity index (χ1n) is 7.02. The summed E-state index contributed by atoms with van der Waals surface area (Å²) in [7, 11) is 1.64. The van der Waals surface area contributed by atoms with Gasteiger partial charge >= 0.3 is 5.97 Å². The van der Waals surface area contributed by atoms with E-state index in [0.717, 1.165) is 22.4 Å². The summed E-state index contributed by atoms with van der Waals surface area (Å²) >= 11 is 0. The van der Waals surface area contributed by atoms with Gasteiger partial charge in [0.1, 0.15) is 5.75 Å². The van der Waals surface area contributed by atoms with Crippen molar-refractivity contribution in [3.05, 3.63) is 54.1 Å². The Balaban J connectivity index is 2.23. The lowest BCUT2D eigenvalue weighted by molar-refractivity contribution is -0.137. The van der Waals surface area contributed by atoms with Gasteiger partial charge in [-0.2, -0.15) is 0 Å². The van der Waals surface area contributed by atoms with E-state index in [1.54, 1.807) is 14.0 Å². The zero-order valence-electron chi connectivity index (χ0n) is 12.7. The molecule has 0 amide bonds. The molecule has 1 atom stereocenters. The minimum atomic E-state index is -0.841. The van der Waals surface area contributed by atoms with Gasteiger partial charge in [0, 0.05) is 0 Å². The number of rotatable bonds is 5. The van der Waals surface area contributed by atoms with Crippen molar-refractivity contribution in [2.24, 2.45) is 0 Å². The Kier molecular flexibility index (Phi) is 5.21. The van der Waals surface area contributed by atoms with Crippen molar-refractivity contribution >= 4 is 5.97 Å². The van der Waals surface area contributed by atoms with Crippen molar-refractivity contribution in [1.82, 2.24) is 0 Å². The summed E-state index contributed by atoms with van der Waals surface area (Å²) in [5.74, 6) is 5.47. The lowest BCUT2D eigenvalue weighted by Gasteiger charge is -2.10. The van der Waals surface area contributed by atoms with Crippen LogP contribution in [-0.2, 0) is 4.79 Å². The third-order valence-electron chi connectivity index (χ3n) is 3.43. The Hall–Kier alpha value is -2.73. The molecule has 0 aliphatic carbocycles. The molecule has 2 rings (SSSR count). The van der Waals surface area contributed by atoms with Gasteiger partial charge in [-0.25, -0.2) is 0 Å². The van der Waals surface area contributed by atoms with Crippen molar-refractivity contribution in [1.29, 1.82) is 0 Å². The van der Waals surface area contributed by atoms with Crippen LogP contribution in [0.1, 0.15) is 24.8 Å². The van der Waals surface area contributed by atoms with E-state index in [0.29, 0.717) is 0 Å². The number of carboxylic acids is 1. The molecule has 3 heteroatoms. The number of hydrogen-bond acceptors (Lipinski definition) is 2. The number of methoxy groups -OCH3 is 1. The predicted molar refractivity (Wildman–Crippen MR) is 86.9 cm³/mol. The average molecular weight is 294 g/mol. The highest BCUT2D eigenvalue weighted by molar-refractivity contribution is 5.69. The Morgan fingerprint density at radius 1 is 1.09 bits per heavy atom. The Morgan fingerprint density at radius 3 is 2.09 bits per heavy atom. The van der Waals surface area contributed by atoms with E-state index in [4.69, 9.17) is 9.84 Å². The van der Waals surface area contributed by atoms with Crippen LogP contribution in [0.25, 0.3) is 11.1 Å². The average Bonchev–Trinajstić information content (AvgIpc) is 2.54. The molecule has 0 saturated heterocycles. The van der Waals surface area contributed by atoms with Crippen molar-refractivity contribution in [2.75, 3.05) is 7.11 Å². The standard InChI is InChI=1S/C19H18O3/c1-3-4-17(13-19(20)21)16-7-5-14(6-8-16)15-9-11-18(22-2)12-10-15/h5-12,17H,13H2,1-2H3,(H,20,21). The van der Waals surface area contributed by atoms with Gasteiger partial charge < -0.3 is 9.84 Å². The van der Waals surface area contributed by atoms with Crippen LogP contribution in [0.15, 0.2) is 48.5 Å². The molecule has 0 fully saturated rings. The van der Waals surface area contributed by atoms with E-state index in [9.17, 15) is 4.79 Å². The molecule has 0 radical (unpaired) electrons. The zero-order valence-corrected chi connectivity index (χ0v) is 12.7. The van der Waals surface area contributed by atoms with E-state index in [2.05, 4.69) is 11.8 Å². The lowest BCUT2D eigenvalue weighted by atomic mass is 9.94. The second-order valence-electron chi connectivity index (χ2n) is 4.90. The highest BCUT2D eigenvalue weighted by Crippen LogP contribution is 2.25. The molecule has 1 N–H and O–H groups in total. The zero-order chi connectivity index (χ0) is 15.9. The molecule has 0 heterocycles. The minimum Gasteiger partial charge on any atom is -0.497 e. The number of hydrogen-bond donors (Lipinski definition) is 1. The fourth-order valence-electron chi connectivity index (χ4n) is 2.29. The fourth-order valence-corrected chi connectivity index (χ4v) is 2.29. The quantitative estimate of drug-likeness (QED) is 0.849. The van der Waals surface area contributed by atoms with Crippen molar-refractivity contribution in [2.45, 2.75) is 19.3 Å². The first kappa shape index (κ1) is 15.7.